The molecule has 1 saturated carbocycles. The predicted octanol–water partition coefficient (Wildman–Crippen LogP) is 1.69. The Morgan fingerprint density at radius 2 is 2.22 bits per heavy atom. The van der Waals surface area contributed by atoms with Crippen molar-refractivity contribution in [3.05, 3.63) is 35.9 Å². The summed E-state index contributed by atoms with van der Waals surface area (Å²) in [5.74, 6) is 0.847. The monoisotopic (exact) mass is 315 g/mol. The first-order valence-corrected chi connectivity index (χ1v) is 8.64. The van der Waals surface area contributed by atoms with Gasteiger partial charge in [-0.2, -0.15) is 10.2 Å². The van der Waals surface area contributed by atoms with Gasteiger partial charge in [0.2, 0.25) is 0 Å². The second-order valence-electron chi connectivity index (χ2n) is 6.78. The summed E-state index contributed by atoms with van der Waals surface area (Å²) in [5.41, 5.74) is 2.46. The van der Waals surface area contributed by atoms with Crippen LogP contribution in [0.2, 0.25) is 0 Å². The van der Waals surface area contributed by atoms with E-state index in [1.807, 2.05) is 24.1 Å². The molecule has 0 bridgehead atoms. The smallest absolute Gasteiger partial charge is 0.101 e. The van der Waals surface area contributed by atoms with Crippen molar-refractivity contribution in [3.63, 3.8) is 0 Å². The number of hydrogen-bond acceptors (Lipinski definition) is 4. The quantitative estimate of drug-likeness (QED) is 0.845. The van der Waals surface area contributed by atoms with Crippen LogP contribution in [0.15, 0.2) is 24.7 Å². The van der Waals surface area contributed by atoms with Crippen LogP contribution < -0.4 is 5.32 Å². The first-order chi connectivity index (χ1) is 11.3. The second kappa shape index (κ2) is 6.45. The van der Waals surface area contributed by atoms with Gasteiger partial charge in [0.05, 0.1) is 6.20 Å². The number of aromatic nitrogens is 4. The van der Waals surface area contributed by atoms with Gasteiger partial charge in [0.15, 0.2) is 0 Å². The highest BCUT2D eigenvalue weighted by Crippen LogP contribution is 2.32. The molecule has 1 aliphatic carbocycles. The normalized spacial score (nSPS) is 24.4. The van der Waals surface area contributed by atoms with Crippen LogP contribution in [0.1, 0.15) is 36.6 Å². The summed E-state index contributed by atoms with van der Waals surface area (Å²) in [4.78, 5) is 0. The Hall–Kier alpha value is -1.66. The average Bonchev–Trinajstić information content (AvgIpc) is 2.91. The number of ether oxygens (including phenoxy) is 1. The maximum atomic E-state index is 5.96. The minimum atomic E-state index is 0.134. The molecule has 1 N–H and O–H groups in total. The summed E-state index contributed by atoms with van der Waals surface area (Å²) < 4.78 is 9.99. The van der Waals surface area contributed by atoms with E-state index in [1.54, 1.807) is 0 Å². The van der Waals surface area contributed by atoms with Gasteiger partial charge in [-0.3, -0.25) is 9.36 Å². The fourth-order valence-electron chi connectivity index (χ4n) is 3.35. The molecule has 3 heterocycles. The van der Waals surface area contributed by atoms with Crippen molar-refractivity contribution in [2.45, 2.75) is 44.4 Å². The first kappa shape index (κ1) is 14.9. The lowest BCUT2D eigenvalue weighted by molar-refractivity contribution is 0.0988. The molecular formula is C17H25N5O. The molecule has 0 unspecified atom stereocenters. The summed E-state index contributed by atoms with van der Waals surface area (Å²) in [7, 11) is 1.99. The summed E-state index contributed by atoms with van der Waals surface area (Å²) in [5, 5.41) is 12.4. The molecule has 2 atom stereocenters. The Morgan fingerprint density at radius 1 is 1.30 bits per heavy atom. The van der Waals surface area contributed by atoms with Gasteiger partial charge in [0, 0.05) is 62.9 Å². The minimum Gasteiger partial charge on any atom is -0.372 e. The number of rotatable bonds is 7. The van der Waals surface area contributed by atoms with Crippen LogP contribution in [-0.2, 0) is 24.8 Å². The van der Waals surface area contributed by atoms with Gasteiger partial charge in [-0.05, 0) is 31.2 Å². The van der Waals surface area contributed by atoms with E-state index in [9.17, 15) is 0 Å². The third-order valence-electron chi connectivity index (χ3n) is 4.93. The highest BCUT2D eigenvalue weighted by Gasteiger charge is 2.30. The summed E-state index contributed by atoms with van der Waals surface area (Å²) in [6, 6.07) is 2.45. The van der Waals surface area contributed by atoms with Gasteiger partial charge >= 0.3 is 0 Å². The van der Waals surface area contributed by atoms with Crippen LogP contribution in [-0.4, -0.2) is 38.8 Å². The van der Waals surface area contributed by atoms with Gasteiger partial charge in [0.25, 0.3) is 0 Å². The molecule has 0 aromatic carbocycles. The predicted molar refractivity (Wildman–Crippen MR) is 87.0 cm³/mol. The molecule has 124 valence electrons. The molecule has 6 nitrogen and oxygen atoms in total. The van der Waals surface area contributed by atoms with Crippen molar-refractivity contribution in [2.24, 2.45) is 13.0 Å². The van der Waals surface area contributed by atoms with Crippen molar-refractivity contribution < 1.29 is 4.74 Å². The zero-order valence-corrected chi connectivity index (χ0v) is 13.7. The highest BCUT2D eigenvalue weighted by molar-refractivity contribution is 5.13. The zero-order valence-electron chi connectivity index (χ0n) is 13.7. The number of hydrogen-bond donors (Lipinski definition) is 1. The molecule has 1 saturated heterocycles. The van der Waals surface area contributed by atoms with E-state index in [2.05, 4.69) is 32.5 Å². The molecular weight excluding hydrogens is 290 g/mol. The molecule has 2 fully saturated rings. The molecule has 4 rings (SSSR count). The Kier molecular flexibility index (Phi) is 4.18. The van der Waals surface area contributed by atoms with Crippen molar-refractivity contribution in [2.75, 3.05) is 13.2 Å². The SMILES string of the molecule is Cn1nccc1CCN[C@H]1CCO[C@@H]1c1cnn(CC2CC2)c1. The van der Waals surface area contributed by atoms with E-state index >= 15 is 0 Å². The lowest BCUT2D eigenvalue weighted by atomic mass is 10.1. The van der Waals surface area contributed by atoms with Gasteiger partial charge in [-0.1, -0.05) is 0 Å². The average molecular weight is 315 g/mol. The first-order valence-electron chi connectivity index (χ1n) is 8.64. The highest BCUT2D eigenvalue weighted by atomic mass is 16.5. The van der Waals surface area contributed by atoms with Crippen LogP contribution in [0.4, 0.5) is 0 Å². The van der Waals surface area contributed by atoms with E-state index in [1.165, 1.54) is 24.1 Å². The van der Waals surface area contributed by atoms with E-state index in [4.69, 9.17) is 4.74 Å². The molecule has 6 heteroatoms. The molecule has 0 radical (unpaired) electrons. The van der Waals surface area contributed by atoms with Crippen molar-refractivity contribution >= 4 is 0 Å². The number of nitrogens with zero attached hydrogens (tertiary/aromatic N) is 4. The lowest BCUT2D eigenvalue weighted by Gasteiger charge is -2.18. The van der Waals surface area contributed by atoms with E-state index in [0.717, 1.165) is 38.5 Å². The minimum absolute atomic E-state index is 0.134. The fourth-order valence-corrected chi connectivity index (χ4v) is 3.35. The Labute approximate surface area is 136 Å². The van der Waals surface area contributed by atoms with Crippen LogP contribution in [0, 0.1) is 5.92 Å². The van der Waals surface area contributed by atoms with Crippen LogP contribution in [0.5, 0.6) is 0 Å². The third kappa shape index (κ3) is 3.48. The molecule has 2 aromatic heterocycles. The van der Waals surface area contributed by atoms with Gasteiger partial charge in [-0.25, -0.2) is 0 Å². The Morgan fingerprint density at radius 3 is 3.00 bits per heavy atom. The maximum Gasteiger partial charge on any atom is 0.101 e. The molecule has 1 aliphatic heterocycles. The van der Waals surface area contributed by atoms with E-state index in [0.29, 0.717) is 6.04 Å². The van der Waals surface area contributed by atoms with E-state index < -0.39 is 0 Å². The Balaban J connectivity index is 1.32. The van der Waals surface area contributed by atoms with Crippen molar-refractivity contribution in [3.8, 4) is 0 Å². The van der Waals surface area contributed by atoms with Crippen molar-refractivity contribution in [1.29, 1.82) is 0 Å². The molecule has 0 amide bonds. The summed E-state index contributed by atoms with van der Waals surface area (Å²) >= 11 is 0. The zero-order chi connectivity index (χ0) is 15.6. The molecule has 23 heavy (non-hydrogen) atoms. The van der Waals surface area contributed by atoms with Crippen LogP contribution in [0.25, 0.3) is 0 Å². The molecule has 2 aromatic rings. The van der Waals surface area contributed by atoms with Gasteiger partial charge < -0.3 is 10.1 Å². The lowest BCUT2D eigenvalue weighted by Crippen LogP contribution is -2.33. The summed E-state index contributed by atoms with van der Waals surface area (Å²) in [6.45, 7) is 2.83. The second-order valence-corrected chi connectivity index (χ2v) is 6.78. The van der Waals surface area contributed by atoms with Crippen LogP contribution >= 0.6 is 0 Å². The standard InChI is InChI=1S/C17H25N5O/c1-21-15(5-8-19-21)4-7-18-16-6-9-23-17(16)14-10-20-22(12-14)11-13-2-3-13/h5,8,10,12-13,16-18H,2-4,6-7,9,11H2,1H3/t16-,17+/m0/s1. The maximum absolute atomic E-state index is 5.96. The van der Waals surface area contributed by atoms with E-state index in [-0.39, 0.29) is 6.10 Å². The topological polar surface area (TPSA) is 56.9 Å². The Bertz CT molecular complexity index is 645. The number of nitrogens with one attached hydrogen (secondary N) is 1. The largest absolute Gasteiger partial charge is 0.372 e. The summed E-state index contributed by atoms with van der Waals surface area (Å²) in [6.07, 6.45) is 10.9. The van der Waals surface area contributed by atoms with Crippen molar-refractivity contribution in [1.82, 2.24) is 24.9 Å². The van der Waals surface area contributed by atoms with Gasteiger partial charge in [-0.15, -0.1) is 0 Å². The van der Waals surface area contributed by atoms with Gasteiger partial charge in [0.1, 0.15) is 6.10 Å². The van der Waals surface area contributed by atoms with Crippen LogP contribution in [0.3, 0.4) is 0 Å². The third-order valence-corrected chi connectivity index (χ3v) is 4.93. The number of aryl methyl sites for hydroxylation is 1. The fraction of sp³-hybridized carbons (Fsp3) is 0.647. The molecule has 2 aliphatic rings. The molecule has 0 spiro atoms.